The largest absolute Gasteiger partial charge is 0.390 e. The van der Waals surface area contributed by atoms with Gasteiger partial charge in [0.05, 0.1) is 5.60 Å². The summed E-state index contributed by atoms with van der Waals surface area (Å²) in [7, 11) is 0. The minimum atomic E-state index is -0.441. The molecular weight excluding hydrogens is 272 g/mol. The molecule has 4 rings (SSSR count). The fraction of sp³-hybridized carbons (Fsp3) is 0.950. The number of hydrogen-bond acceptors (Lipinski definition) is 2. The molecule has 4 aliphatic carbocycles. The number of carbonyl (C=O) groups is 1. The van der Waals surface area contributed by atoms with Gasteiger partial charge in [0, 0.05) is 11.8 Å². The molecule has 0 saturated heterocycles. The highest BCUT2D eigenvalue weighted by Gasteiger charge is 2.60. The summed E-state index contributed by atoms with van der Waals surface area (Å²) in [5, 5.41) is 10.5. The van der Waals surface area contributed by atoms with Crippen molar-refractivity contribution < 1.29 is 9.90 Å². The van der Waals surface area contributed by atoms with Gasteiger partial charge < -0.3 is 5.11 Å². The molecule has 1 N–H and O–H groups in total. The predicted octanol–water partition coefficient (Wildman–Crippen LogP) is 4.35. The smallest absolute Gasteiger partial charge is 0.139 e. The molecule has 4 saturated carbocycles. The Hall–Kier alpha value is -0.370. The average molecular weight is 304 g/mol. The van der Waals surface area contributed by atoms with E-state index in [0.717, 1.165) is 43.9 Å². The first-order chi connectivity index (χ1) is 10.3. The Labute approximate surface area is 135 Å². The van der Waals surface area contributed by atoms with E-state index in [0.29, 0.717) is 23.0 Å². The van der Waals surface area contributed by atoms with Gasteiger partial charge in [0.25, 0.3) is 0 Å². The van der Waals surface area contributed by atoms with Crippen LogP contribution in [0.3, 0.4) is 0 Å². The summed E-state index contributed by atoms with van der Waals surface area (Å²) in [5.74, 6) is 3.47. The van der Waals surface area contributed by atoms with Gasteiger partial charge in [-0.25, -0.2) is 0 Å². The van der Waals surface area contributed by atoms with Gasteiger partial charge in [0.1, 0.15) is 5.78 Å². The van der Waals surface area contributed by atoms with Gasteiger partial charge in [-0.1, -0.05) is 13.8 Å². The summed E-state index contributed by atoms with van der Waals surface area (Å²) in [5.41, 5.74) is -0.0217. The number of aliphatic hydroxyl groups is 1. The number of fused-ring (bicyclic) bond motifs is 5. The normalized spacial score (nSPS) is 57.9. The van der Waals surface area contributed by atoms with Crippen molar-refractivity contribution in [1.82, 2.24) is 0 Å². The predicted molar refractivity (Wildman–Crippen MR) is 87.4 cm³/mol. The standard InChI is InChI=1S/C20H32O2/c1-18(22)10-11-19(2)13(12-18)4-5-14-15-6-7-17(21)20(15,3)9-8-16(14)19/h13-16,22H,4-12H2,1-3H3/t13?,14-,15?,16?,18+,19-,20-/m1/s1. The van der Waals surface area contributed by atoms with E-state index >= 15 is 0 Å². The van der Waals surface area contributed by atoms with Crippen LogP contribution in [-0.4, -0.2) is 16.5 Å². The lowest BCUT2D eigenvalue weighted by Crippen LogP contribution is -2.55. The average Bonchev–Trinajstić information content (AvgIpc) is 2.76. The molecule has 0 amide bonds. The van der Waals surface area contributed by atoms with Crippen LogP contribution >= 0.6 is 0 Å². The Morgan fingerprint density at radius 2 is 1.73 bits per heavy atom. The lowest BCUT2D eigenvalue weighted by atomic mass is 9.44. The van der Waals surface area contributed by atoms with Gasteiger partial charge in [-0.15, -0.1) is 0 Å². The second kappa shape index (κ2) is 4.59. The zero-order valence-corrected chi connectivity index (χ0v) is 14.5. The minimum absolute atomic E-state index is 0.00449. The van der Waals surface area contributed by atoms with Crippen molar-refractivity contribution in [3.8, 4) is 0 Å². The SMILES string of the molecule is C[C@]1(O)CC[C@]2(C)C(CC[C@H]3C2CC[C@@]2(C)C(=O)CCC32)C1. The van der Waals surface area contributed by atoms with E-state index in [4.69, 9.17) is 0 Å². The molecule has 0 spiro atoms. The number of carbonyl (C=O) groups excluding carboxylic acids is 1. The molecule has 0 aromatic carbocycles. The molecule has 0 radical (unpaired) electrons. The lowest BCUT2D eigenvalue weighted by molar-refractivity contribution is -0.151. The maximum absolute atomic E-state index is 12.4. The third kappa shape index (κ3) is 1.92. The maximum Gasteiger partial charge on any atom is 0.139 e. The fourth-order valence-electron chi connectivity index (χ4n) is 7.20. The maximum atomic E-state index is 12.4. The molecule has 124 valence electrons. The highest BCUT2D eigenvalue weighted by atomic mass is 16.3. The Kier molecular flexibility index (Phi) is 3.16. The fourth-order valence-corrected chi connectivity index (χ4v) is 7.20. The van der Waals surface area contributed by atoms with Crippen LogP contribution in [0.4, 0.5) is 0 Å². The third-order valence-electron chi connectivity index (χ3n) is 8.66. The van der Waals surface area contributed by atoms with Crippen molar-refractivity contribution in [3.05, 3.63) is 0 Å². The lowest BCUT2D eigenvalue weighted by Gasteiger charge is -2.61. The van der Waals surface area contributed by atoms with Crippen molar-refractivity contribution in [2.45, 2.75) is 84.2 Å². The van der Waals surface area contributed by atoms with Crippen LogP contribution in [0.5, 0.6) is 0 Å². The number of rotatable bonds is 0. The summed E-state index contributed by atoms with van der Waals surface area (Å²) in [4.78, 5) is 12.4. The molecule has 0 aromatic heterocycles. The summed E-state index contributed by atoms with van der Waals surface area (Å²) in [6.07, 6.45) is 10.1. The first kappa shape index (κ1) is 15.2. The Morgan fingerprint density at radius 3 is 2.50 bits per heavy atom. The first-order valence-electron chi connectivity index (χ1n) is 9.52. The third-order valence-corrected chi connectivity index (χ3v) is 8.66. The monoisotopic (exact) mass is 304 g/mol. The molecule has 0 aromatic rings. The van der Waals surface area contributed by atoms with Crippen LogP contribution in [0, 0.1) is 34.5 Å². The number of hydrogen-bond donors (Lipinski definition) is 1. The molecule has 0 bridgehead atoms. The summed E-state index contributed by atoms with van der Waals surface area (Å²) >= 11 is 0. The van der Waals surface area contributed by atoms with Gasteiger partial charge >= 0.3 is 0 Å². The molecule has 2 nitrogen and oxygen atoms in total. The van der Waals surface area contributed by atoms with E-state index in [1.54, 1.807) is 0 Å². The summed E-state index contributed by atoms with van der Waals surface area (Å²) < 4.78 is 0. The summed E-state index contributed by atoms with van der Waals surface area (Å²) in [6.45, 7) is 6.82. The second-order valence-electron chi connectivity index (χ2n) is 9.78. The van der Waals surface area contributed by atoms with E-state index in [9.17, 15) is 9.90 Å². The molecule has 4 aliphatic rings. The number of ketones is 1. The Bertz CT molecular complexity index is 496. The van der Waals surface area contributed by atoms with Gasteiger partial charge in [-0.3, -0.25) is 4.79 Å². The number of Topliss-reactive ketones (excluding diaryl/α,β-unsaturated/α-hetero) is 1. The van der Waals surface area contributed by atoms with Crippen LogP contribution in [0.25, 0.3) is 0 Å². The van der Waals surface area contributed by atoms with E-state index in [2.05, 4.69) is 13.8 Å². The van der Waals surface area contributed by atoms with E-state index in [1.165, 1.54) is 25.7 Å². The molecule has 7 atom stereocenters. The van der Waals surface area contributed by atoms with Crippen LogP contribution in [0.1, 0.15) is 78.6 Å². The molecule has 3 unspecified atom stereocenters. The van der Waals surface area contributed by atoms with E-state index in [-0.39, 0.29) is 5.41 Å². The van der Waals surface area contributed by atoms with E-state index in [1.807, 2.05) is 6.92 Å². The van der Waals surface area contributed by atoms with Crippen molar-refractivity contribution in [3.63, 3.8) is 0 Å². The van der Waals surface area contributed by atoms with Crippen molar-refractivity contribution in [1.29, 1.82) is 0 Å². The van der Waals surface area contributed by atoms with Gasteiger partial charge in [-0.2, -0.15) is 0 Å². The molecule has 22 heavy (non-hydrogen) atoms. The molecular formula is C20H32O2. The minimum Gasteiger partial charge on any atom is -0.390 e. The zero-order valence-electron chi connectivity index (χ0n) is 14.5. The Balaban J connectivity index is 1.63. The van der Waals surface area contributed by atoms with Crippen LogP contribution in [0.2, 0.25) is 0 Å². The highest BCUT2D eigenvalue weighted by Crippen LogP contribution is 2.66. The Morgan fingerprint density at radius 1 is 0.955 bits per heavy atom. The van der Waals surface area contributed by atoms with Crippen LogP contribution < -0.4 is 0 Å². The van der Waals surface area contributed by atoms with Gasteiger partial charge in [0.15, 0.2) is 0 Å². The van der Waals surface area contributed by atoms with Crippen molar-refractivity contribution in [2.75, 3.05) is 0 Å². The summed E-state index contributed by atoms with van der Waals surface area (Å²) in [6, 6.07) is 0. The van der Waals surface area contributed by atoms with Crippen LogP contribution in [0.15, 0.2) is 0 Å². The van der Waals surface area contributed by atoms with Crippen molar-refractivity contribution in [2.24, 2.45) is 34.5 Å². The molecule has 0 heterocycles. The van der Waals surface area contributed by atoms with Gasteiger partial charge in [0.2, 0.25) is 0 Å². The topological polar surface area (TPSA) is 37.3 Å². The molecule has 2 heteroatoms. The second-order valence-corrected chi connectivity index (χ2v) is 9.78. The van der Waals surface area contributed by atoms with Crippen LogP contribution in [-0.2, 0) is 4.79 Å². The zero-order chi connectivity index (χ0) is 15.8. The molecule has 0 aliphatic heterocycles. The van der Waals surface area contributed by atoms with Gasteiger partial charge in [-0.05, 0) is 87.4 Å². The quantitative estimate of drug-likeness (QED) is 0.722. The first-order valence-corrected chi connectivity index (χ1v) is 9.52. The molecule has 4 fully saturated rings. The highest BCUT2D eigenvalue weighted by molar-refractivity contribution is 5.87. The van der Waals surface area contributed by atoms with Crippen molar-refractivity contribution >= 4 is 5.78 Å². The van der Waals surface area contributed by atoms with E-state index < -0.39 is 5.60 Å².